The molecule has 5 nitrogen and oxygen atoms in total. The predicted molar refractivity (Wildman–Crippen MR) is 59.5 cm³/mol. The van der Waals surface area contributed by atoms with Crippen LogP contribution in [0.5, 0.6) is 11.5 Å². The Morgan fingerprint density at radius 3 is 2.81 bits per heavy atom. The lowest BCUT2D eigenvalue weighted by Gasteiger charge is -2.09. The molecule has 0 amide bonds. The van der Waals surface area contributed by atoms with Gasteiger partial charge < -0.3 is 19.9 Å². The average molecular weight is 225 g/mol. The van der Waals surface area contributed by atoms with Crippen molar-refractivity contribution < 1.29 is 19.0 Å². The van der Waals surface area contributed by atoms with Crippen LogP contribution in [0.2, 0.25) is 0 Å². The zero-order valence-electron chi connectivity index (χ0n) is 9.36. The van der Waals surface area contributed by atoms with E-state index in [2.05, 4.69) is 0 Å². The van der Waals surface area contributed by atoms with Crippen LogP contribution in [0.3, 0.4) is 0 Å². The maximum absolute atomic E-state index is 11.1. The van der Waals surface area contributed by atoms with E-state index in [4.69, 9.17) is 19.9 Å². The molecule has 1 aromatic carbocycles. The second-order valence-corrected chi connectivity index (χ2v) is 3.00. The molecule has 0 radical (unpaired) electrons. The molecular formula is C11H15NO4. The van der Waals surface area contributed by atoms with E-state index in [0.717, 1.165) is 0 Å². The number of hydrogen-bond donors (Lipinski definition) is 1. The van der Waals surface area contributed by atoms with E-state index in [0.29, 0.717) is 23.8 Å². The number of methoxy groups -OCH3 is 1. The average Bonchev–Trinajstić information content (AvgIpc) is 2.28. The van der Waals surface area contributed by atoms with Crippen molar-refractivity contribution in [2.24, 2.45) is 0 Å². The minimum atomic E-state index is -0.426. The van der Waals surface area contributed by atoms with Crippen LogP contribution in [0.1, 0.15) is 6.92 Å². The molecule has 0 aliphatic heterocycles. The summed E-state index contributed by atoms with van der Waals surface area (Å²) in [7, 11) is 1.54. The van der Waals surface area contributed by atoms with Crippen molar-refractivity contribution in [3.05, 3.63) is 18.2 Å². The van der Waals surface area contributed by atoms with Gasteiger partial charge in [0.05, 0.1) is 19.4 Å². The van der Waals surface area contributed by atoms with Gasteiger partial charge in [-0.05, 0) is 19.1 Å². The van der Waals surface area contributed by atoms with Crippen molar-refractivity contribution >= 4 is 11.7 Å². The fourth-order valence-corrected chi connectivity index (χ4v) is 1.11. The molecule has 2 N–H and O–H groups in total. The third kappa shape index (κ3) is 3.34. The van der Waals surface area contributed by atoms with Gasteiger partial charge in [-0.15, -0.1) is 0 Å². The van der Waals surface area contributed by atoms with Crippen LogP contribution in [-0.2, 0) is 9.53 Å². The number of carbonyl (C=O) groups is 1. The van der Waals surface area contributed by atoms with Crippen LogP contribution >= 0.6 is 0 Å². The number of anilines is 1. The van der Waals surface area contributed by atoms with E-state index >= 15 is 0 Å². The van der Waals surface area contributed by atoms with Crippen LogP contribution in [0.4, 0.5) is 5.69 Å². The van der Waals surface area contributed by atoms with Gasteiger partial charge in [-0.2, -0.15) is 0 Å². The van der Waals surface area contributed by atoms with Crippen LogP contribution in [0.15, 0.2) is 18.2 Å². The summed E-state index contributed by atoms with van der Waals surface area (Å²) < 4.78 is 15.0. The monoisotopic (exact) mass is 225 g/mol. The number of nitrogen functional groups attached to an aromatic ring is 1. The van der Waals surface area contributed by atoms with Crippen molar-refractivity contribution in [2.75, 3.05) is 26.1 Å². The fourth-order valence-electron chi connectivity index (χ4n) is 1.11. The summed E-state index contributed by atoms with van der Waals surface area (Å²) in [4.78, 5) is 11.1. The Labute approximate surface area is 94.1 Å². The Morgan fingerprint density at radius 1 is 1.44 bits per heavy atom. The van der Waals surface area contributed by atoms with Crippen LogP contribution in [0.25, 0.3) is 0 Å². The van der Waals surface area contributed by atoms with Crippen molar-refractivity contribution in [1.29, 1.82) is 0 Å². The second kappa shape index (κ2) is 5.85. The Balaban J connectivity index is 2.62. The maximum atomic E-state index is 11.1. The van der Waals surface area contributed by atoms with Gasteiger partial charge in [0.25, 0.3) is 0 Å². The lowest BCUT2D eigenvalue weighted by Crippen LogP contribution is -2.15. The summed E-state index contributed by atoms with van der Waals surface area (Å²) in [6.07, 6.45) is 0. The summed E-state index contributed by atoms with van der Waals surface area (Å²) in [5, 5.41) is 0. The highest BCUT2D eigenvalue weighted by molar-refractivity contribution is 5.71. The molecular weight excluding hydrogens is 210 g/mol. The minimum Gasteiger partial charge on any atom is -0.497 e. The first-order valence-corrected chi connectivity index (χ1v) is 4.89. The third-order valence-corrected chi connectivity index (χ3v) is 1.87. The van der Waals surface area contributed by atoms with Gasteiger partial charge in [-0.25, -0.2) is 4.79 Å². The number of benzene rings is 1. The van der Waals surface area contributed by atoms with Crippen molar-refractivity contribution in [1.82, 2.24) is 0 Å². The molecule has 1 rings (SSSR count). The lowest BCUT2D eigenvalue weighted by atomic mass is 10.3. The van der Waals surface area contributed by atoms with E-state index < -0.39 is 5.97 Å². The molecule has 0 unspecified atom stereocenters. The Kier molecular flexibility index (Phi) is 4.44. The van der Waals surface area contributed by atoms with E-state index in [-0.39, 0.29) is 6.61 Å². The Bertz CT molecular complexity index is 365. The Hall–Kier alpha value is -1.91. The molecule has 5 heteroatoms. The van der Waals surface area contributed by atoms with Gasteiger partial charge in [0.2, 0.25) is 0 Å². The summed E-state index contributed by atoms with van der Waals surface area (Å²) in [6, 6.07) is 4.99. The molecule has 0 atom stereocenters. The van der Waals surface area contributed by atoms with E-state index in [1.165, 1.54) is 0 Å². The SMILES string of the molecule is CCOC(=O)COc1cc(OC)ccc1N. The van der Waals surface area contributed by atoms with Gasteiger partial charge >= 0.3 is 5.97 Å². The third-order valence-electron chi connectivity index (χ3n) is 1.87. The van der Waals surface area contributed by atoms with Gasteiger partial charge in [-0.3, -0.25) is 0 Å². The van der Waals surface area contributed by atoms with E-state index in [1.807, 2.05) is 0 Å². The lowest BCUT2D eigenvalue weighted by molar-refractivity contribution is -0.145. The summed E-state index contributed by atoms with van der Waals surface area (Å²) in [5.41, 5.74) is 6.12. The highest BCUT2D eigenvalue weighted by Gasteiger charge is 2.06. The van der Waals surface area contributed by atoms with Gasteiger partial charge in [0, 0.05) is 6.07 Å². The molecule has 0 saturated heterocycles. The molecule has 16 heavy (non-hydrogen) atoms. The quantitative estimate of drug-likeness (QED) is 0.602. The van der Waals surface area contributed by atoms with E-state index in [9.17, 15) is 4.79 Å². The highest BCUT2D eigenvalue weighted by Crippen LogP contribution is 2.26. The van der Waals surface area contributed by atoms with Gasteiger partial charge in [-0.1, -0.05) is 0 Å². The van der Waals surface area contributed by atoms with E-state index in [1.54, 1.807) is 32.2 Å². The summed E-state index contributed by atoms with van der Waals surface area (Å²) >= 11 is 0. The molecule has 1 aromatic rings. The number of esters is 1. The minimum absolute atomic E-state index is 0.162. The first kappa shape index (κ1) is 12.2. The van der Waals surface area contributed by atoms with Crippen molar-refractivity contribution in [3.63, 3.8) is 0 Å². The van der Waals surface area contributed by atoms with Crippen LogP contribution in [0, 0.1) is 0 Å². The molecule has 0 saturated carbocycles. The molecule has 0 bridgehead atoms. The van der Waals surface area contributed by atoms with Crippen molar-refractivity contribution in [3.8, 4) is 11.5 Å². The number of carbonyl (C=O) groups excluding carboxylic acids is 1. The molecule has 0 aromatic heterocycles. The predicted octanol–water partition coefficient (Wildman–Crippen LogP) is 1.22. The van der Waals surface area contributed by atoms with Gasteiger partial charge in [0.15, 0.2) is 6.61 Å². The number of nitrogens with two attached hydrogens (primary N) is 1. The topological polar surface area (TPSA) is 70.8 Å². The normalized spacial score (nSPS) is 9.62. The smallest absolute Gasteiger partial charge is 0.344 e. The van der Waals surface area contributed by atoms with Crippen LogP contribution < -0.4 is 15.2 Å². The molecule has 88 valence electrons. The molecule has 0 heterocycles. The standard InChI is InChI=1S/C11H15NO4/c1-3-15-11(13)7-16-10-6-8(14-2)4-5-9(10)12/h4-6H,3,7,12H2,1-2H3. The number of rotatable bonds is 5. The first-order valence-electron chi connectivity index (χ1n) is 4.89. The van der Waals surface area contributed by atoms with Gasteiger partial charge in [0.1, 0.15) is 11.5 Å². The largest absolute Gasteiger partial charge is 0.497 e. The zero-order valence-corrected chi connectivity index (χ0v) is 9.36. The molecule has 0 spiro atoms. The summed E-state index contributed by atoms with van der Waals surface area (Å²) in [5.74, 6) is 0.602. The number of hydrogen-bond acceptors (Lipinski definition) is 5. The molecule has 0 aliphatic rings. The second-order valence-electron chi connectivity index (χ2n) is 3.00. The zero-order chi connectivity index (χ0) is 12.0. The molecule has 0 fully saturated rings. The maximum Gasteiger partial charge on any atom is 0.344 e. The fraction of sp³-hybridized carbons (Fsp3) is 0.364. The van der Waals surface area contributed by atoms with Crippen molar-refractivity contribution in [2.45, 2.75) is 6.92 Å². The summed E-state index contributed by atoms with van der Waals surface area (Å²) in [6.45, 7) is 1.90. The highest BCUT2D eigenvalue weighted by atomic mass is 16.6. The van der Waals surface area contributed by atoms with Crippen LogP contribution in [-0.4, -0.2) is 26.3 Å². The molecule has 0 aliphatic carbocycles. The first-order chi connectivity index (χ1) is 7.67. The number of ether oxygens (including phenoxy) is 3. The Morgan fingerprint density at radius 2 is 2.19 bits per heavy atom.